The molecule has 0 spiro atoms. The van der Waals surface area contributed by atoms with E-state index in [2.05, 4.69) is 36.7 Å². The van der Waals surface area contributed by atoms with E-state index in [1.54, 1.807) is 32.0 Å². The van der Waals surface area contributed by atoms with Crippen molar-refractivity contribution in [1.82, 2.24) is 9.80 Å². The molecular weight excluding hydrogens is 542 g/mol. The lowest BCUT2D eigenvalue weighted by Crippen LogP contribution is -2.61. The maximum absolute atomic E-state index is 14.2. The monoisotopic (exact) mass is 581 g/mol. The number of allylic oxidation sites excluding steroid dienone is 3. The first-order valence-electron chi connectivity index (χ1n) is 14.8. The van der Waals surface area contributed by atoms with Crippen molar-refractivity contribution in [3.05, 3.63) is 93.5 Å². The quantitative estimate of drug-likeness (QED) is 0.420. The highest BCUT2D eigenvalue weighted by Crippen LogP contribution is 2.54. The Kier molecular flexibility index (Phi) is 6.90. The van der Waals surface area contributed by atoms with Gasteiger partial charge < -0.3 is 26.0 Å². The number of hydrogen-bond acceptors (Lipinski definition) is 8. The summed E-state index contributed by atoms with van der Waals surface area (Å²) < 4.78 is 0. The van der Waals surface area contributed by atoms with Gasteiger partial charge in [0.05, 0.1) is 17.2 Å². The van der Waals surface area contributed by atoms with Gasteiger partial charge in [-0.2, -0.15) is 0 Å². The smallest absolute Gasteiger partial charge is 0.193 e. The van der Waals surface area contributed by atoms with E-state index in [9.17, 15) is 24.9 Å². The standard InChI is InChI=1S/C35H39N3O5/c1-18-28-22(17-26-31(37(3)4)33(41)29(19(2)36)34(42)35(18,26)43)16-25-24(12-13-27(39)30(25)32(28)40)21-10-8-20(9-11-21)15-23-7-6-14-38(23)5/h8-13,15,22,26,31,39,42-43H,2,6-7,14,16-17,36H2,1,3-5H3/t22-,26-,31+,35+/m0/s1. The lowest BCUT2D eigenvalue weighted by atomic mass is 9.56. The molecular formula is C35H39N3O5. The number of aliphatic hydroxyl groups is 2. The topological polar surface area (TPSA) is 127 Å². The van der Waals surface area contributed by atoms with Gasteiger partial charge in [-0.15, -0.1) is 0 Å². The molecule has 1 aliphatic heterocycles. The molecule has 6 rings (SSSR count). The Balaban J connectivity index is 1.46. The fourth-order valence-corrected chi connectivity index (χ4v) is 7.90. The molecule has 0 aromatic heterocycles. The highest BCUT2D eigenvalue weighted by atomic mass is 16.3. The number of fused-ring (bicyclic) bond motifs is 3. The first kappa shape index (κ1) is 29.0. The van der Waals surface area contributed by atoms with Gasteiger partial charge in [0.1, 0.15) is 17.1 Å². The molecule has 0 bridgehead atoms. The van der Waals surface area contributed by atoms with Gasteiger partial charge in [-0.25, -0.2) is 0 Å². The van der Waals surface area contributed by atoms with Crippen LogP contribution in [0.3, 0.4) is 0 Å². The number of phenolic OH excluding ortho intramolecular Hbond substituents is 1. The fraction of sp³-hybridized carbons (Fsp3) is 0.371. The highest BCUT2D eigenvalue weighted by Gasteiger charge is 2.60. The number of Topliss-reactive ketones (excluding diaryl/α,β-unsaturated/α-hetero) is 2. The van der Waals surface area contributed by atoms with Crippen LogP contribution in [-0.2, 0) is 11.2 Å². The van der Waals surface area contributed by atoms with Crippen molar-refractivity contribution in [2.24, 2.45) is 17.6 Å². The summed E-state index contributed by atoms with van der Waals surface area (Å²) in [6.07, 6.45) is 5.15. The molecule has 5 N–H and O–H groups in total. The van der Waals surface area contributed by atoms with Crippen LogP contribution in [0.4, 0.5) is 0 Å². The second kappa shape index (κ2) is 10.2. The fourth-order valence-electron chi connectivity index (χ4n) is 7.90. The van der Waals surface area contributed by atoms with Crippen molar-refractivity contribution in [2.45, 2.75) is 44.2 Å². The van der Waals surface area contributed by atoms with Crippen molar-refractivity contribution >= 4 is 17.6 Å². The lowest BCUT2D eigenvalue weighted by molar-refractivity contribution is -0.130. The normalized spacial score (nSPS) is 28.0. The summed E-state index contributed by atoms with van der Waals surface area (Å²) in [5, 5.41) is 34.5. The van der Waals surface area contributed by atoms with Crippen LogP contribution in [0.5, 0.6) is 5.75 Å². The Bertz CT molecular complexity index is 1660. The molecule has 0 saturated carbocycles. The summed E-state index contributed by atoms with van der Waals surface area (Å²) in [6, 6.07) is 10.8. The Hall–Kier alpha value is -4.14. The Labute approximate surface area is 252 Å². The molecule has 0 amide bonds. The zero-order valence-electron chi connectivity index (χ0n) is 25.1. The van der Waals surface area contributed by atoms with Crippen molar-refractivity contribution in [2.75, 3.05) is 27.7 Å². The number of nitrogens with zero attached hydrogens (tertiary/aromatic N) is 2. The molecule has 3 aliphatic carbocycles. The summed E-state index contributed by atoms with van der Waals surface area (Å²) in [7, 11) is 5.61. The zero-order valence-corrected chi connectivity index (χ0v) is 25.1. The molecule has 2 aromatic carbocycles. The van der Waals surface area contributed by atoms with Gasteiger partial charge in [0, 0.05) is 36.5 Å². The number of ketones is 2. The van der Waals surface area contributed by atoms with Crippen LogP contribution in [0, 0.1) is 11.8 Å². The molecule has 0 radical (unpaired) electrons. The van der Waals surface area contributed by atoms with Gasteiger partial charge in [0.2, 0.25) is 0 Å². The molecule has 1 heterocycles. The third-order valence-corrected chi connectivity index (χ3v) is 10.0. The number of hydrogen-bond donors (Lipinski definition) is 4. The van der Waals surface area contributed by atoms with Gasteiger partial charge in [-0.05, 0) is 92.6 Å². The number of aromatic hydroxyl groups is 1. The molecule has 1 fully saturated rings. The Morgan fingerprint density at radius 1 is 1.14 bits per heavy atom. The van der Waals surface area contributed by atoms with Gasteiger partial charge in [-0.1, -0.05) is 36.9 Å². The summed E-state index contributed by atoms with van der Waals surface area (Å²) in [5.41, 5.74) is 9.42. The van der Waals surface area contributed by atoms with Crippen molar-refractivity contribution in [3.63, 3.8) is 0 Å². The molecule has 8 heteroatoms. The molecule has 43 heavy (non-hydrogen) atoms. The number of likely N-dealkylation sites (N-methyl/N-ethyl adjacent to an activating group) is 1. The van der Waals surface area contributed by atoms with E-state index in [1.165, 1.54) is 5.70 Å². The Morgan fingerprint density at radius 3 is 2.44 bits per heavy atom. The van der Waals surface area contributed by atoms with E-state index in [4.69, 9.17) is 5.73 Å². The number of likely N-dealkylation sites (tertiary alicyclic amines) is 1. The summed E-state index contributed by atoms with van der Waals surface area (Å²) in [4.78, 5) is 31.8. The molecule has 2 aromatic rings. The SMILES string of the molecule is C=C(N)C1=C(O)[C@@]2(O)C(C)=C3C(=O)c4c(O)ccc(-c5ccc(C=C6CCCN6C)cc5)c4C[C@H]3C[C@H]2[C@@H](N(C)C)C1=O. The first-order chi connectivity index (χ1) is 20.4. The van der Waals surface area contributed by atoms with Crippen LogP contribution in [0.1, 0.15) is 47.7 Å². The minimum Gasteiger partial charge on any atom is -0.508 e. The maximum Gasteiger partial charge on any atom is 0.193 e. The number of nitrogens with two attached hydrogens (primary N) is 1. The molecule has 8 nitrogen and oxygen atoms in total. The maximum atomic E-state index is 14.2. The average Bonchev–Trinajstić information content (AvgIpc) is 3.35. The van der Waals surface area contributed by atoms with Gasteiger partial charge in [-0.3, -0.25) is 14.5 Å². The van der Waals surface area contributed by atoms with Crippen molar-refractivity contribution in [1.29, 1.82) is 0 Å². The van der Waals surface area contributed by atoms with Crippen LogP contribution in [-0.4, -0.2) is 76.0 Å². The van der Waals surface area contributed by atoms with E-state index < -0.39 is 29.1 Å². The highest BCUT2D eigenvalue weighted by molar-refractivity contribution is 6.15. The number of aliphatic hydroxyl groups excluding tert-OH is 1. The summed E-state index contributed by atoms with van der Waals surface area (Å²) >= 11 is 0. The molecule has 4 atom stereocenters. The van der Waals surface area contributed by atoms with Crippen LogP contribution < -0.4 is 5.73 Å². The lowest BCUT2D eigenvalue weighted by Gasteiger charge is -2.52. The molecule has 4 aliphatic rings. The Morgan fingerprint density at radius 2 is 1.84 bits per heavy atom. The zero-order chi connectivity index (χ0) is 31.0. The third kappa shape index (κ3) is 4.26. The van der Waals surface area contributed by atoms with E-state index in [0.29, 0.717) is 12.0 Å². The van der Waals surface area contributed by atoms with Gasteiger partial charge in [0.15, 0.2) is 11.6 Å². The van der Waals surface area contributed by atoms with E-state index >= 15 is 0 Å². The van der Waals surface area contributed by atoms with Gasteiger partial charge >= 0.3 is 0 Å². The predicted molar refractivity (Wildman–Crippen MR) is 166 cm³/mol. The number of phenols is 1. The number of carbonyl (C=O) groups is 2. The predicted octanol–water partition coefficient (Wildman–Crippen LogP) is 4.35. The van der Waals surface area contributed by atoms with Crippen LogP contribution >= 0.6 is 0 Å². The second-order valence-electron chi connectivity index (χ2n) is 12.7. The van der Waals surface area contributed by atoms with Gasteiger partial charge in [0.25, 0.3) is 0 Å². The average molecular weight is 582 g/mol. The number of benzene rings is 2. The molecule has 1 saturated heterocycles. The van der Waals surface area contributed by atoms with Crippen LogP contribution in [0.25, 0.3) is 17.2 Å². The summed E-state index contributed by atoms with van der Waals surface area (Å²) in [6.45, 7) is 6.36. The first-order valence-corrected chi connectivity index (χ1v) is 14.8. The van der Waals surface area contributed by atoms with E-state index in [1.807, 2.05) is 18.2 Å². The second-order valence-corrected chi connectivity index (χ2v) is 12.7. The summed E-state index contributed by atoms with van der Waals surface area (Å²) in [5.74, 6) is -2.50. The number of rotatable bonds is 4. The van der Waals surface area contributed by atoms with E-state index in [0.717, 1.165) is 41.6 Å². The molecule has 0 unspecified atom stereocenters. The number of carbonyl (C=O) groups excluding carboxylic acids is 2. The van der Waals surface area contributed by atoms with E-state index in [-0.39, 0.29) is 46.3 Å². The van der Waals surface area contributed by atoms with Crippen LogP contribution in [0.2, 0.25) is 0 Å². The van der Waals surface area contributed by atoms with Crippen LogP contribution in [0.15, 0.2) is 76.8 Å². The minimum absolute atomic E-state index is 0.122. The van der Waals surface area contributed by atoms with Crippen molar-refractivity contribution < 1.29 is 24.9 Å². The molecule has 224 valence electrons. The largest absolute Gasteiger partial charge is 0.508 e. The minimum atomic E-state index is -1.98. The van der Waals surface area contributed by atoms with Crippen molar-refractivity contribution in [3.8, 4) is 16.9 Å². The third-order valence-electron chi connectivity index (χ3n) is 10.0.